The first-order valence-electron chi connectivity index (χ1n) is 7.16. The largest absolute Gasteiger partial charge is 0.508 e. The first kappa shape index (κ1) is 14.8. The van der Waals surface area contributed by atoms with Crippen molar-refractivity contribution in [3.05, 3.63) is 35.0 Å². The van der Waals surface area contributed by atoms with Crippen LogP contribution >= 0.6 is 0 Å². The predicted molar refractivity (Wildman–Crippen MR) is 85.5 cm³/mol. The molecule has 0 spiro atoms. The molecule has 2 rings (SSSR count). The lowest BCUT2D eigenvalue weighted by atomic mass is 9.81. The highest BCUT2D eigenvalue weighted by molar-refractivity contribution is 5.88. The van der Waals surface area contributed by atoms with E-state index in [4.69, 9.17) is 4.98 Å². The van der Waals surface area contributed by atoms with E-state index in [0.717, 1.165) is 22.2 Å². The van der Waals surface area contributed by atoms with Gasteiger partial charge >= 0.3 is 0 Å². The average Bonchev–Trinajstić information content (AvgIpc) is 2.30. The van der Waals surface area contributed by atoms with E-state index in [2.05, 4.69) is 47.6 Å². The number of rotatable bonds is 0. The molecular weight excluding hydrogens is 246 g/mol. The molecule has 20 heavy (non-hydrogen) atoms. The van der Waals surface area contributed by atoms with Crippen LogP contribution in [0.4, 0.5) is 0 Å². The Labute approximate surface area is 121 Å². The van der Waals surface area contributed by atoms with Crippen molar-refractivity contribution in [1.29, 1.82) is 0 Å². The smallest absolute Gasteiger partial charge is 0.120 e. The van der Waals surface area contributed by atoms with Crippen LogP contribution in [0, 0.1) is 6.92 Å². The molecule has 0 radical (unpaired) electrons. The number of hydrogen-bond donors (Lipinski definition) is 1. The van der Waals surface area contributed by atoms with Crippen LogP contribution in [-0.4, -0.2) is 10.1 Å². The molecule has 2 nitrogen and oxygen atoms in total. The van der Waals surface area contributed by atoms with Crippen LogP contribution in [-0.2, 0) is 10.8 Å². The summed E-state index contributed by atoms with van der Waals surface area (Å²) in [5, 5.41) is 11.1. The van der Waals surface area contributed by atoms with Crippen LogP contribution in [0.15, 0.2) is 18.2 Å². The Morgan fingerprint density at radius 2 is 1.55 bits per heavy atom. The maximum Gasteiger partial charge on any atom is 0.120 e. The average molecular weight is 271 g/mol. The molecule has 0 fully saturated rings. The molecule has 0 aliphatic rings. The van der Waals surface area contributed by atoms with Crippen molar-refractivity contribution < 1.29 is 5.11 Å². The number of nitrogens with zero attached hydrogens (tertiary/aromatic N) is 1. The second kappa shape index (κ2) is 4.47. The lowest BCUT2D eigenvalue weighted by Crippen LogP contribution is -2.18. The standard InChI is InChI=1S/C18H25NO/c1-11-14(20)9-8-12-13(17(2,3)4)10-15(18(5,6)7)19-16(11)12/h8-10,20H,1-7H3. The maximum atomic E-state index is 9.96. The Balaban J connectivity index is 2.93. The van der Waals surface area contributed by atoms with E-state index in [-0.39, 0.29) is 10.8 Å². The van der Waals surface area contributed by atoms with E-state index >= 15 is 0 Å². The molecule has 108 valence electrons. The van der Waals surface area contributed by atoms with Crippen molar-refractivity contribution in [3.63, 3.8) is 0 Å². The van der Waals surface area contributed by atoms with E-state index in [1.54, 1.807) is 6.07 Å². The maximum absolute atomic E-state index is 9.96. The molecule has 0 amide bonds. The summed E-state index contributed by atoms with van der Waals surface area (Å²) in [6.45, 7) is 15.1. The molecule has 0 aliphatic carbocycles. The molecule has 1 aromatic carbocycles. The quantitative estimate of drug-likeness (QED) is 0.743. The highest BCUT2D eigenvalue weighted by Gasteiger charge is 2.24. The summed E-state index contributed by atoms with van der Waals surface area (Å²) in [5.74, 6) is 0.316. The first-order chi connectivity index (χ1) is 9.01. The minimum Gasteiger partial charge on any atom is -0.508 e. The van der Waals surface area contributed by atoms with E-state index in [1.807, 2.05) is 13.0 Å². The minimum absolute atomic E-state index is 0.00785. The molecule has 1 heterocycles. The molecule has 0 aliphatic heterocycles. The number of fused-ring (bicyclic) bond motifs is 1. The van der Waals surface area contributed by atoms with Gasteiger partial charge in [0, 0.05) is 22.1 Å². The van der Waals surface area contributed by atoms with E-state index in [0.29, 0.717) is 5.75 Å². The predicted octanol–water partition coefficient (Wildman–Crippen LogP) is 4.84. The highest BCUT2D eigenvalue weighted by atomic mass is 16.3. The van der Waals surface area contributed by atoms with E-state index in [1.165, 1.54) is 5.56 Å². The van der Waals surface area contributed by atoms with Crippen molar-refractivity contribution in [3.8, 4) is 5.75 Å². The fraction of sp³-hybridized carbons (Fsp3) is 0.500. The van der Waals surface area contributed by atoms with Gasteiger partial charge < -0.3 is 5.11 Å². The van der Waals surface area contributed by atoms with E-state index in [9.17, 15) is 5.11 Å². The van der Waals surface area contributed by atoms with Gasteiger partial charge in [-0.25, -0.2) is 0 Å². The van der Waals surface area contributed by atoms with Gasteiger partial charge in [0.25, 0.3) is 0 Å². The molecule has 0 bridgehead atoms. The van der Waals surface area contributed by atoms with Gasteiger partial charge in [0.15, 0.2) is 0 Å². The highest BCUT2D eigenvalue weighted by Crippen LogP contribution is 2.36. The van der Waals surface area contributed by atoms with Crippen molar-refractivity contribution in [2.24, 2.45) is 0 Å². The van der Waals surface area contributed by atoms with Crippen molar-refractivity contribution in [2.45, 2.75) is 59.3 Å². The molecule has 0 unspecified atom stereocenters. The molecule has 1 aromatic heterocycles. The zero-order valence-corrected chi connectivity index (χ0v) is 13.6. The summed E-state index contributed by atoms with van der Waals surface area (Å²) < 4.78 is 0. The monoisotopic (exact) mass is 271 g/mol. The minimum atomic E-state index is -0.00785. The van der Waals surface area contributed by atoms with Gasteiger partial charge in [-0.3, -0.25) is 4.98 Å². The number of benzene rings is 1. The van der Waals surface area contributed by atoms with Gasteiger partial charge in [-0.2, -0.15) is 0 Å². The first-order valence-corrected chi connectivity index (χ1v) is 7.16. The van der Waals surface area contributed by atoms with Gasteiger partial charge in [0.2, 0.25) is 0 Å². The van der Waals surface area contributed by atoms with Gasteiger partial charge in [0.05, 0.1) is 5.52 Å². The van der Waals surface area contributed by atoms with Crippen molar-refractivity contribution in [2.75, 3.05) is 0 Å². The summed E-state index contributed by atoms with van der Waals surface area (Å²) in [6, 6.07) is 5.97. The number of hydrogen-bond acceptors (Lipinski definition) is 2. The SMILES string of the molecule is Cc1c(O)ccc2c(C(C)(C)C)cc(C(C)(C)C)nc12. The van der Waals surface area contributed by atoms with Crippen molar-refractivity contribution >= 4 is 10.9 Å². The number of aromatic nitrogens is 1. The molecule has 0 saturated carbocycles. The number of phenolic OH excluding ortho intramolecular Hbond substituents is 1. The number of aryl methyl sites for hydroxylation is 1. The summed E-state index contributed by atoms with van der Waals surface area (Å²) in [5.41, 5.74) is 4.18. The number of pyridine rings is 1. The molecular formula is C18H25NO. The summed E-state index contributed by atoms with van der Waals surface area (Å²) in [4.78, 5) is 4.82. The Morgan fingerprint density at radius 3 is 2.05 bits per heavy atom. The van der Waals surface area contributed by atoms with Crippen LogP contribution in [0.1, 0.15) is 58.4 Å². The van der Waals surface area contributed by atoms with Crippen LogP contribution < -0.4 is 0 Å². The van der Waals surface area contributed by atoms with Crippen LogP contribution in [0.2, 0.25) is 0 Å². The Hall–Kier alpha value is -1.57. The molecule has 0 atom stereocenters. The second-order valence-corrected chi connectivity index (χ2v) is 7.66. The van der Waals surface area contributed by atoms with E-state index < -0.39 is 0 Å². The zero-order valence-electron chi connectivity index (χ0n) is 13.6. The fourth-order valence-corrected chi connectivity index (χ4v) is 2.42. The molecule has 2 heteroatoms. The lowest BCUT2D eigenvalue weighted by molar-refractivity contribution is 0.471. The molecule has 1 N–H and O–H groups in total. The van der Waals surface area contributed by atoms with Crippen molar-refractivity contribution in [1.82, 2.24) is 4.98 Å². The number of aromatic hydroxyl groups is 1. The fourth-order valence-electron chi connectivity index (χ4n) is 2.42. The van der Waals surface area contributed by atoms with Crippen LogP contribution in [0.3, 0.4) is 0 Å². The zero-order chi connectivity index (χ0) is 15.3. The van der Waals surface area contributed by atoms with Gasteiger partial charge in [-0.15, -0.1) is 0 Å². The summed E-state index contributed by atoms with van der Waals surface area (Å²) >= 11 is 0. The van der Waals surface area contributed by atoms with Gasteiger partial charge in [-0.1, -0.05) is 41.5 Å². The second-order valence-electron chi connectivity index (χ2n) is 7.66. The third kappa shape index (κ3) is 2.52. The Kier molecular flexibility index (Phi) is 3.32. The molecule has 0 saturated heterocycles. The summed E-state index contributed by atoms with van der Waals surface area (Å²) in [7, 11) is 0. The number of phenols is 1. The lowest BCUT2D eigenvalue weighted by Gasteiger charge is -2.26. The third-order valence-corrected chi connectivity index (χ3v) is 3.78. The van der Waals surface area contributed by atoms with Gasteiger partial charge in [0.1, 0.15) is 5.75 Å². The third-order valence-electron chi connectivity index (χ3n) is 3.78. The Morgan fingerprint density at radius 1 is 0.950 bits per heavy atom. The Bertz CT molecular complexity index is 658. The van der Waals surface area contributed by atoms with Gasteiger partial charge in [-0.05, 0) is 36.1 Å². The topological polar surface area (TPSA) is 33.1 Å². The molecule has 2 aromatic rings. The normalized spacial score (nSPS) is 12.9. The van der Waals surface area contributed by atoms with Crippen LogP contribution in [0.5, 0.6) is 5.75 Å². The summed E-state index contributed by atoms with van der Waals surface area (Å²) in [6.07, 6.45) is 0. The van der Waals surface area contributed by atoms with Crippen LogP contribution in [0.25, 0.3) is 10.9 Å².